The molecule has 0 spiro atoms. The predicted octanol–water partition coefficient (Wildman–Crippen LogP) is 4.34. The molecule has 0 saturated heterocycles. The number of pyridine rings is 1. The van der Waals surface area contributed by atoms with Crippen LogP contribution in [0.1, 0.15) is 0 Å². The molecule has 138 valence electrons. The largest absolute Gasteiger partial charge is 0.332 e. The molecule has 0 aliphatic carbocycles. The molecule has 1 aromatic heterocycles. The van der Waals surface area contributed by atoms with Gasteiger partial charge in [-0.3, -0.25) is 9.71 Å². The first-order valence-corrected chi connectivity index (χ1v) is 10.1. The van der Waals surface area contributed by atoms with Gasteiger partial charge in [0, 0.05) is 22.6 Å². The van der Waals surface area contributed by atoms with Crippen LogP contribution in [0.25, 0.3) is 0 Å². The van der Waals surface area contributed by atoms with Crippen LogP contribution in [0.15, 0.2) is 78.0 Å². The number of nitrogens with one attached hydrogen (secondary N) is 3. The minimum absolute atomic E-state index is 0.133. The molecule has 3 aromatic rings. The lowest BCUT2D eigenvalue weighted by Gasteiger charge is -2.11. The molecule has 0 aliphatic rings. The fourth-order valence-corrected chi connectivity index (χ4v) is 3.60. The van der Waals surface area contributed by atoms with Crippen LogP contribution in [0.3, 0.4) is 0 Å². The lowest BCUT2D eigenvalue weighted by atomic mass is 10.3. The molecular formula is C18H15ClN4O2S2. The lowest BCUT2D eigenvalue weighted by Crippen LogP contribution is -2.19. The number of hydrogen-bond acceptors (Lipinski definition) is 4. The Hall–Kier alpha value is -2.68. The molecule has 0 bridgehead atoms. The standard InChI is InChI=1S/C18H15ClN4O2S2/c19-13-3-5-15(6-4-13)23-27(24,25)17-9-7-14(8-10-17)21-18(26)22-16-2-1-11-20-12-16/h1-12,23H,(H2,21,22,26). The Morgan fingerprint density at radius 2 is 1.52 bits per heavy atom. The quantitative estimate of drug-likeness (QED) is 0.534. The Morgan fingerprint density at radius 1 is 0.889 bits per heavy atom. The molecule has 0 atom stereocenters. The van der Waals surface area contributed by atoms with Crippen LogP contribution in [-0.2, 0) is 10.0 Å². The highest BCUT2D eigenvalue weighted by Crippen LogP contribution is 2.20. The van der Waals surface area contributed by atoms with Crippen LogP contribution < -0.4 is 15.4 Å². The van der Waals surface area contributed by atoms with Crippen molar-refractivity contribution < 1.29 is 8.42 Å². The number of benzene rings is 2. The number of sulfonamides is 1. The molecule has 27 heavy (non-hydrogen) atoms. The molecule has 3 N–H and O–H groups in total. The average Bonchev–Trinajstić information content (AvgIpc) is 2.65. The van der Waals surface area contributed by atoms with Gasteiger partial charge in [0.25, 0.3) is 10.0 Å². The fraction of sp³-hybridized carbons (Fsp3) is 0. The summed E-state index contributed by atoms with van der Waals surface area (Å²) in [7, 11) is -3.70. The van der Waals surface area contributed by atoms with Crippen molar-refractivity contribution in [3.05, 3.63) is 78.1 Å². The molecule has 3 rings (SSSR count). The summed E-state index contributed by atoms with van der Waals surface area (Å²) in [5, 5.41) is 6.88. The van der Waals surface area contributed by atoms with Crippen LogP contribution in [0.2, 0.25) is 5.02 Å². The van der Waals surface area contributed by atoms with Gasteiger partial charge in [-0.15, -0.1) is 0 Å². The molecular weight excluding hydrogens is 404 g/mol. The van der Waals surface area contributed by atoms with Gasteiger partial charge < -0.3 is 10.6 Å². The summed E-state index contributed by atoms with van der Waals surface area (Å²) < 4.78 is 27.4. The number of hydrogen-bond donors (Lipinski definition) is 3. The first kappa shape index (κ1) is 19.1. The average molecular weight is 419 g/mol. The van der Waals surface area contributed by atoms with Crippen molar-refractivity contribution in [1.29, 1.82) is 0 Å². The molecule has 6 nitrogen and oxygen atoms in total. The van der Waals surface area contributed by atoms with Crippen LogP contribution in [-0.4, -0.2) is 18.5 Å². The van der Waals surface area contributed by atoms with Gasteiger partial charge in [0.2, 0.25) is 0 Å². The van der Waals surface area contributed by atoms with E-state index in [9.17, 15) is 8.42 Å². The van der Waals surface area contributed by atoms with Gasteiger partial charge in [0.05, 0.1) is 16.8 Å². The number of halogens is 1. The van der Waals surface area contributed by atoms with Crippen molar-refractivity contribution in [3.8, 4) is 0 Å². The zero-order chi connectivity index (χ0) is 19.3. The SMILES string of the molecule is O=S(=O)(Nc1ccc(Cl)cc1)c1ccc(NC(=S)Nc2cccnc2)cc1. The van der Waals surface area contributed by atoms with E-state index < -0.39 is 10.0 Å². The van der Waals surface area contributed by atoms with E-state index in [0.717, 1.165) is 5.69 Å². The van der Waals surface area contributed by atoms with Crippen molar-refractivity contribution in [2.75, 3.05) is 15.4 Å². The minimum atomic E-state index is -3.70. The van der Waals surface area contributed by atoms with E-state index in [2.05, 4.69) is 20.3 Å². The molecule has 0 radical (unpaired) electrons. The number of rotatable bonds is 5. The normalized spacial score (nSPS) is 10.9. The highest BCUT2D eigenvalue weighted by molar-refractivity contribution is 7.92. The second-order valence-electron chi connectivity index (χ2n) is 5.46. The third-order valence-electron chi connectivity index (χ3n) is 3.44. The number of nitrogens with zero attached hydrogens (tertiary/aromatic N) is 1. The third kappa shape index (κ3) is 5.40. The van der Waals surface area contributed by atoms with Gasteiger partial charge in [-0.2, -0.15) is 0 Å². The predicted molar refractivity (Wildman–Crippen MR) is 113 cm³/mol. The topological polar surface area (TPSA) is 83.1 Å². The second kappa shape index (κ2) is 8.34. The Labute approximate surface area is 167 Å². The van der Waals surface area contributed by atoms with E-state index in [0.29, 0.717) is 21.5 Å². The van der Waals surface area contributed by atoms with Gasteiger partial charge in [-0.25, -0.2) is 8.42 Å². The zero-order valence-corrected chi connectivity index (χ0v) is 16.3. The number of anilines is 3. The summed E-state index contributed by atoms with van der Waals surface area (Å²) in [6.07, 6.45) is 3.31. The first-order chi connectivity index (χ1) is 12.9. The molecule has 9 heteroatoms. The summed E-state index contributed by atoms with van der Waals surface area (Å²) in [6, 6.07) is 16.3. The van der Waals surface area contributed by atoms with Gasteiger partial charge >= 0.3 is 0 Å². The maximum Gasteiger partial charge on any atom is 0.261 e. The Kier molecular flexibility index (Phi) is 5.90. The fourth-order valence-electron chi connectivity index (χ4n) is 2.18. The maximum absolute atomic E-state index is 12.5. The van der Waals surface area contributed by atoms with Crippen LogP contribution in [0.4, 0.5) is 17.1 Å². The van der Waals surface area contributed by atoms with E-state index in [-0.39, 0.29) is 4.90 Å². The zero-order valence-electron chi connectivity index (χ0n) is 13.9. The van der Waals surface area contributed by atoms with E-state index in [4.69, 9.17) is 23.8 Å². The van der Waals surface area contributed by atoms with Gasteiger partial charge in [0.1, 0.15) is 0 Å². The summed E-state index contributed by atoms with van der Waals surface area (Å²) in [4.78, 5) is 4.13. The Bertz CT molecular complexity index is 1030. The van der Waals surface area contributed by atoms with Gasteiger partial charge in [-0.1, -0.05) is 11.6 Å². The van der Waals surface area contributed by atoms with E-state index in [1.54, 1.807) is 54.9 Å². The van der Waals surface area contributed by atoms with Crippen LogP contribution in [0, 0.1) is 0 Å². The maximum atomic E-state index is 12.5. The van der Waals surface area contributed by atoms with Crippen molar-refractivity contribution in [1.82, 2.24) is 4.98 Å². The van der Waals surface area contributed by atoms with Gasteiger partial charge in [0.15, 0.2) is 5.11 Å². The van der Waals surface area contributed by atoms with Crippen molar-refractivity contribution >= 4 is 56.0 Å². The van der Waals surface area contributed by atoms with E-state index >= 15 is 0 Å². The smallest absolute Gasteiger partial charge is 0.261 e. The molecule has 2 aromatic carbocycles. The summed E-state index contributed by atoms with van der Waals surface area (Å²) in [5.74, 6) is 0. The molecule has 0 saturated carbocycles. The first-order valence-electron chi connectivity index (χ1n) is 7.79. The molecule has 0 unspecified atom stereocenters. The summed E-state index contributed by atoms with van der Waals surface area (Å²) in [5.41, 5.74) is 1.84. The summed E-state index contributed by atoms with van der Waals surface area (Å²) in [6.45, 7) is 0. The molecule has 0 aliphatic heterocycles. The highest BCUT2D eigenvalue weighted by Gasteiger charge is 2.14. The minimum Gasteiger partial charge on any atom is -0.332 e. The van der Waals surface area contributed by atoms with Crippen LogP contribution in [0.5, 0.6) is 0 Å². The monoisotopic (exact) mass is 418 g/mol. The number of aromatic nitrogens is 1. The highest BCUT2D eigenvalue weighted by atomic mass is 35.5. The van der Waals surface area contributed by atoms with Crippen molar-refractivity contribution in [2.24, 2.45) is 0 Å². The number of thiocarbonyl (C=S) groups is 1. The van der Waals surface area contributed by atoms with Gasteiger partial charge in [-0.05, 0) is 72.9 Å². The summed E-state index contributed by atoms with van der Waals surface area (Å²) >= 11 is 11.0. The van der Waals surface area contributed by atoms with E-state index in [1.165, 1.54) is 12.1 Å². The molecule has 0 amide bonds. The third-order valence-corrected chi connectivity index (χ3v) is 5.29. The Balaban J connectivity index is 1.65. The van der Waals surface area contributed by atoms with E-state index in [1.807, 2.05) is 6.07 Å². The van der Waals surface area contributed by atoms with Crippen molar-refractivity contribution in [2.45, 2.75) is 4.90 Å². The lowest BCUT2D eigenvalue weighted by molar-refractivity contribution is 0.601. The molecule has 1 heterocycles. The van der Waals surface area contributed by atoms with Crippen LogP contribution >= 0.6 is 23.8 Å². The second-order valence-corrected chi connectivity index (χ2v) is 7.98. The molecule has 0 fully saturated rings. The Morgan fingerprint density at radius 3 is 2.15 bits per heavy atom. The van der Waals surface area contributed by atoms with Crippen molar-refractivity contribution in [3.63, 3.8) is 0 Å².